The number of nitrogens with zero attached hydrogens (tertiary/aromatic N) is 2. The molecule has 124 valence electrons. The van der Waals surface area contributed by atoms with Crippen molar-refractivity contribution in [3.8, 4) is 11.3 Å². The number of thioether (sulfide) groups is 1. The summed E-state index contributed by atoms with van der Waals surface area (Å²) < 4.78 is 0. The molecule has 1 aliphatic rings. The van der Waals surface area contributed by atoms with E-state index >= 15 is 0 Å². The minimum absolute atomic E-state index is 0.846. The van der Waals surface area contributed by atoms with E-state index in [1.165, 1.54) is 22.3 Å². The number of rotatable bonds is 3. The average Bonchev–Trinajstić information content (AvgIpc) is 2.69. The first-order chi connectivity index (χ1) is 12.3. The molecule has 0 N–H and O–H groups in total. The molecular formula is C22H20N2S. The third kappa shape index (κ3) is 3.38. The first-order valence-electron chi connectivity index (χ1n) is 8.61. The van der Waals surface area contributed by atoms with Gasteiger partial charge in [-0.05, 0) is 42.7 Å². The second kappa shape index (κ2) is 7.24. The highest BCUT2D eigenvalue weighted by Gasteiger charge is 2.22. The highest BCUT2D eigenvalue weighted by molar-refractivity contribution is 7.98. The summed E-state index contributed by atoms with van der Waals surface area (Å²) in [5, 5.41) is 0.846. The second-order valence-electron chi connectivity index (χ2n) is 6.19. The number of hydrogen-bond acceptors (Lipinski definition) is 3. The molecule has 3 heteroatoms. The van der Waals surface area contributed by atoms with Crippen LogP contribution in [0.2, 0.25) is 0 Å². The zero-order valence-corrected chi connectivity index (χ0v) is 15.1. The summed E-state index contributed by atoms with van der Waals surface area (Å²) in [5.41, 5.74) is 7.25. The topological polar surface area (TPSA) is 25.8 Å². The highest BCUT2D eigenvalue weighted by Crippen LogP contribution is 2.37. The molecule has 0 aliphatic heterocycles. The van der Waals surface area contributed by atoms with Crippen LogP contribution in [0.15, 0.2) is 65.8 Å². The Morgan fingerprint density at radius 2 is 1.52 bits per heavy atom. The van der Waals surface area contributed by atoms with Crippen molar-refractivity contribution in [3.63, 3.8) is 0 Å². The molecule has 0 unspecified atom stereocenters. The molecule has 0 fully saturated rings. The van der Waals surface area contributed by atoms with Crippen molar-refractivity contribution in [2.24, 2.45) is 0 Å². The van der Waals surface area contributed by atoms with Crippen molar-refractivity contribution in [2.75, 3.05) is 6.26 Å². The third-order valence-corrected chi connectivity index (χ3v) is 5.08. The first kappa shape index (κ1) is 16.1. The van der Waals surface area contributed by atoms with E-state index in [9.17, 15) is 0 Å². The molecule has 0 bridgehead atoms. The lowest BCUT2D eigenvalue weighted by Crippen LogP contribution is -2.09. The minimum Gasteiger partial charge on any atom is -0.223 e. The summed E-state index contributed by atoms with van der Waals surface area (Å²) in [5.74, 6) is 0. The fraction of sp³-hybridized carbons (Fsp3) is 0.182. The Morgan fingerprint density at radius 3 is 2.24 bits per heavy atom. The van der Waals surface area contributed by atoms with Crippen LogP contribution in [0.3, 0.4) is 0 Å². The predicted molar refractivity (Wildman–Crippen MR) is 107 cm³/mol. The van der Waals surface area contributed by atoms with Gasteiger partial charge in [0.25, 0.3) is 0 Å². The van der Waals surface area contributed by atoms with Gasteiger partial charge in [-0.2, -0.15) is 0 Å². The molecule has 0 radical (unpaired) electrons. The molecule has 0 saturated carbocycles. The smallest absolute Gasteiger partial charge is 0.188 e. The number of benzene rings is 2. The zero-order chi connectivity index (χ0) is 17.1. The highest BCUT2D eigenvalue weighted by atomic mass is 32.2. The minimum atomic E-state index is 0.846. The fourth-order valence-electron chi connectivity index (χ4n) is 3.36. The van der Waals surface area contributed by atoms with Crippen molar-refractivity contribution in [3.05, 3.63) is 77.5 Å². The SMILES string of the molecule is CSc1nc2c(c(-c3ccccc3)n1)CCCC2=Cc1ccccc1. The number of fused-ring (bicyclic) bond motifs is 1. The van der Waals surface area contributed by atoms with Crippen LogP contribution in [-0.2, 0) is 6.42 Å². The van der Waals surface area contributed by atoms with E-state index in [0.29, 0.717) is 0 Å². The van der Waals surface area contributed by atoms with Crippen molar-refractivity contribution < 1.29 is 0 Å². The quantitative estimate of drug-likeness (QED) is 0.447. The maximum absolute atomic E-state index is 4.88. The second-order valence-corrected chi connectivity index (χ2v) is 6.96. The van der Waals surface area contributed by atoms with Crippen LogP contribution < -0.4 is 0 Å². The van der Waals surface area contributed by atoms with Crippen LogP contribution in [0, 0.1) is 0 Å². The van der Waals surface area contributed by atoms with E-state index in [1.54, 1.807) is 11.8 Å². The molecule has 25 heavy (non-hydrogen) atoms. The largest absolute Gasteiger partial charge is 0.223 e. The Bertz CT molecular complexity index is 902. The van der Waals surface area contributed by atoms with E-state index in [0.717, 1.165) is 35.8 Å². The van der Waals surface area contributed by atoms with Gasteiger partial charge in [0.2, 0.25) is 0 Å². The lowest BCUT2D eigenvalue weighted by Gasteiger charge is -2.21. The zero-order valence-electron chi connectivity index (χ0n) is 14.3. The van der Waals surface area contributed by atoms with Crippen LogP contribution in [-0.4, -0.2) is 16.2 Å². The molecular weight excluding hydrogens is 324 g/mol. The molecule has 3 aromatic rings. The van der Waals surface area contributed by atoms with Gasteiger partial charge in [-0.1, -0.05) is 72.4 Å². The van der Waals surface area contributed by atoms with Crippen molar-refractivity contribution >= 4 is 23.4 Å². The summed E-state index contributed by atoms with van der Waals surface area (Å²) in [7, 11) is 0. The Hall–Kier alpha value is -2.39. The molecule has 4 rings (SSSR count). The summed E-state index contributed by atoms with van der Waals surface area (Å²) in [4.78, 5) is 9.72. The van der Waals surface area contributed by atoms with Gasteiger partial charge in [0.05, 0.1) is 11.4 Å². The number of hydrogen-bond donors (Lipinski definition) is 0. The Balaban J connectivity index is 1.88. The number of aromatic nitrogens is 2. The van der Waals surface area contributed by atoms with Gasteiger partial charge in [0, 0.05) is 11.1 Å². The van der Waals surface area contributed by atoms with E-state index < -0.39 is 0 Å². The standard InChI is InChI=1S/C22H20N2S/c1-25-22-23-20(17-11-6-3-7-12-17)19-14-8-13-18(21(19)24-22)15-16-9-4-2-5-10-16/h2-7,9-12,15H,8,13-14H2,1H3. The normalized spacial score (nSPS) is 15.2. The molecule has 0 amide bonds. The number of allylic oxidation sites excluding steroid dienone is 1. The van der Waals surface area contributed by atoms with Crippen LogP contribution in [0.4, 0.5) is 0 Å². The lowest BCUT2D eigenvalue weighted by atomic mass is 9.88. The molecule has 2 aromatic carbocycles. The third-order valence-electron chi connectivity index (χ3n) is 4.53. The fourth-order valence-corrected chi connectivity index (χ4v) is 3.72. The van der Waals surface area contributed by atoms with Crippen LogP contribution in [0.5, 0.6) is 0 Å². The molecule has 2 nitrogen and oxygen atoms in total. The van der Waals surface area contributed by atoms with Gasteiger partial charge >= 0.3 is 0 Å². The Morgan fingerprint density at radius 1 is 0.840 bits per heavy atom. The Kier molecular flexibility index (Phi) is 4.66. The van der Waals surface area contributed by atoms with Gasteiger partial charge in [-0.25, -0.2) is 9.97 Å². The van der Waals surface area contributed by atoms with Crippen LogP contribution in [0.25, 0.3) is 22.9 Å². The van der Waals surface area contributed by atoms with E-state index in [1.807, 2.05) is 12.3 Å². The van der Waals surface area contributed by atoms with Crippen LogP contribution >= 0.6 is 11.8 Å². The average molecular weight is 344 g/mol. The molecule has 0 atom stereocenters. The van der Waals surface area contributed by atoms with Crippen molar-refractivity contribution in [1.29, 1.82) is 0 Å². The van der Waals surface area contributed by atoms with Gasteiger partial charge in [0.15, 0.2) is 5.16 Å². The molecule has 0 saturated heterocycles. The van der Waals surface area contributed by atoms with E-state index in [4.69, 9.17) is 9.97 Å². The maximum atomic E-state index is 4.88. The summed E-state index contributed by atoms with van der Waals surface area (Å²) in [6.07, 6.45) is 7.58. The molecule has 1 aromatic heterocycles. The first-order valence-corrected chi connectivity index (χ1v) is 9.84. The summed E-state index contributed by atoms with van der Waals surface area (Å²) >= 11 is 1.61. The van der Waals surface area contributed by atoms with E-state index in [2.05, 4.69) is 60.7 Å². The summed E-state index contributed by atoms with van der Waals surface area (Å²) in [6, 6.07) is 21.0. The molecule has 1 heterocycles. The monoisotopic (exact) mass is 344 g/mol. The predicted octanol–water partition coefficient (Wildman–Crippen LogP) is 5.74. The van der Waals surface area contributed by atoms with Crippen LogP contribution in [0.1, 0.15) is 29.7 Å². The van der Waals surface area contributed by atoms with Gasteiger partial charge in [-0.15, -0.1) is 0 Å². The van der Waals surface area contributed by atoms with Gasteiger partial charge in [0.1, 0.15) is 0 Å². The van der Waals surface area contributed by atoms with Crippen molar-refractivity contribution in [2.45, 2.75) is 24.4 Å². The molecule has 1 aliphatic carbocycles. The van der Waals surface area contributed by atoms with E-state index in [-0.39, 0.29) is 0 Å². The van der Waals surface area contributed by atoms with Gasteiger partial charge in [-0.3, -0.25) is 0 Å². The lowest BCUT2D eigenvalue weighted by molar-refractivity contribution is 0.784. The molecule has 0 spiro atoms. The summed E-state index contributed by atoms with van der Waals surface area (Å²) in [6.45, 7) is 0. The maximum Gasteiger partial charge on any atom is 0.188 e. The van der Waals surface area contributed by atoms with Crippen molar-refractivity contribution in [1.82, 2.24) is 9.97 Å². The Labute approximate surface area is 153 Å². The van der Waals surface area contributed by atoms with Gasteiger partial charge < -0.3 is 0 Å².